The third kappa shape index (κ3) is 3.03. The van der Waals surface area contributed by atoms with Gasteiger partial charge in [-0.2, -0.15) is 4.31 Å². The summed E-state index contributed by atoms with van der Waals surface area (Å²) in [5.74, 6) is -0.00316. The molecule has 2 rings (SSSR count). The van der Waals surface area contributed by atoms with Crippen molar-refractivity contribution in [3.8, 4) is 0 Å². The average molecular weight is 316 g/mol. The molecule has 0 bridgehead atoms. The summed E-state index contributed by atoms with van der Waals surface area (Å²) in [5.41, 5.74) is 0. The van der Waals surface area contributed by atoms with E-state index >= 15 is 0 Å². The minimum atomic E-state index is -1.39. The Morgan fingerprint density at radius 2 is 2.00 bits per heavy atom. The van der Waals surface area contributed by atoms with Crippen LogP contribution in [-0.4, -0.2) is 21.3 Å². The van der Waals surface area contributed by atoms with Crippen LogP contribution < -0.4 is 0 Å². The van der Waals surface area contributed by atoms with Crippen molar-refractivity contribution in [2.24, 2.45) is 0 Å². The van der Waals surface area contributed by atoms with Gasteiger partial charge in [0.1, 0.15) is 11.4 Å². The molecule has 0 aromatic heterocycles. The van der Waals surface area contributed by atoms with E-state index in [4.69, 9.17) is 0 Å². The minimum Gasteiger partial charge on any atom is -0.588 e. The molecule has 92 valence electrons. The summed E-state index contributed by atoms with van der Waals surface area (Å²) in [6, 6.07) is 7.34. The van der Waals surface area contributed by atoms with Crippen molar-refractivity contribution < 1.29 is 9.35 Å². The Bertz CT molecular complexity index is 413. The number of hydrogen-bond acceptors (Lipinski definition) is 2. The van der Waals surface area contributed by atoms with E-state index in [0.717, 1.165) is 23.7 Å². The Morgan fingerprint density at radius 3 is 2.76 bits per heavy atom. The number of rotatable bonds is 2. The molecular weight excluding hydrogens is 302 g/mol. The zero-order valence-corrected chi connectivity index (χ0v) is 11.8. The lowest BCUT2D eigenvalue weighted by atomic mass is 10.2. The molecule has 1 aliphatic heterocycles. The van der Waals surface area contributed by atoms with Crippen LogP contribution in [0.3, 0.4) is 0 Å². The Balaban J connectivity index is 2.21. The second-order valence-corrected chi connectivity index (χ2v) is 6.22. The van der Waals surface area contributed by atoms with Crippen LogP contribution in [0.1, 0.15) is 25.7 Å². The second kappa shape index (κ2) is 5.89. The molecule has 0 saturated carbocycles. The maximum Gasteiger partial charge on any atom is 0.264 e. The van der Waals surface area contributed by atoms with Gasteiger partial charge in [0.25, 0.3) is 5.91 Å². The van der Waals surface area contributed by atoms with E-state index in [0.29, 0.717) is 17.9 Å². The van der Waals surface area contributed by atoms with Crippen LogP contribution in [0.25, 0.3) is 0 Å². The monoisotopic (exact) mass is 315 g/mol. The third-order valence-electron chi connectivity index (χ3n) is 2.75. The average Bonchev–Trinajstić information content (AvgIpc) is 2.54. The number of carbonyl (C=O) groups excluding carboxylic acids is 1. The van der Waals surface area contributed by atoms with E-state index in [2.05, 4.69) is 15.9 Å². The molecule has 0 N–H and O–H groups in total. The lowest BCUT2D eigenvalue weighted by Gasteiger charge is -2.22. The van der Waals surface area contributed by atoms with E-state index < -0.39 is 11.4 Å². The molecule has 0 radical (unpaired) electrons. The van der Waals surface area contributed by atoms with Crippen molar-refractivity contribution in [2.45, 2.75) is 30.6 Å². The van der Waals surface area contributed by atoms with Crippen LogP contribution in [-0.2, 0) is 16.2 Å². The predicted octanol–water partition coefficient (Wildman–Crippen LogP) is 2.87. The summed E-state index contributed by atoms with van der Waals surface area (Å²) >= 11 is 1.99. The summed E-state index contributed by atoms with van der Waals surface area (Å²) in [6.45, 7) is 0.590. The zero-order chi connectivity index (χ0) is 12.3. The van der Waals surface area contributed by atoms with Crippen LogP contribution in [0.2, 0.25) is 0 Å². The van der Waals surface area contributed by atoms with E-state index in [-0.39, 0.29) is 5.91 Å². The van der Waals surface area contributed by atoms with Gasteiger partial charge in [0.2, 0.25) is 0 Å². The number of nitrogens with zero attached hydrogens (tertiary/aromatic N) is 1. The first-order valence-electron chi connectivity index (χ1n) is 5.67. The zero-order valence-electron chi connectivity index (χ0n) is 9.39. The smallest absolute Gasteiger partial charge is 0.264 e. The van der Waals surface area contributed by atoms with Gasteiger partial charge in [-0.05, 0) is 40.9 Å². The highest BCUT2D eigenvalue weighted by Gasteiger charge is 2.30. The van der Waals surface area contributed by atoms with Crippen molar-refractivity contribution in [2.75, 3.05) is 6.54 Å². The molecule has 1 aliphatic rings. The molecule has 1 atom stereocenters. The van der Waals surface area contributed by atoms with Gasteiger partial charge in [0.15, 0.2) is 4.90 Å². The van der Waals surface area contributed by atoms with Crippen molar-refractivity contribution in [1.82, 2.24) is 4.31 Å². The standard InChI is InChI=1S/C12H14BrNO2S/c13-10-6-3-4-7-11(10)17(16)14-9-5-1-2-8-12(14)15/h3-4,6-7H,1-2,5,8-9H2. The second-order valence-electron chi connectivity index (χ2n) is 3.99. The SMILES string of the molecule is O=C1CCCCCN1[S+]([O-])c1ccccc1Br. The number of halogens is 1. The maximum atomic E-state index is 12.4. The summed E-state index contributed by atoms with van der Waals surface area (Å²) in [5, 5.41) is 0. The molecule has 1 aromatic rings. The predicted molar refractivity (Wildman–Crippen MR) is 70.7 cm³/mol. The van der Waals surface area contributed by atoms with Crippen LogP contribution in [0, 0.1) is 0 Å². The number of carbonyl (C=O) groups is 1. The van der Waals surface area contributed by atoms with Crippen LogP contribution in [0.4, 0.5) is 0 Å². The normalized spacial score (nSPS) is 18.9. The molecular formula is C12H14BrNO2S. The van der Waals surface area contributed by atoms with E-state index in [1.165, 1.54) is 4.31 Å². The van der Waals surface area contributed by atoms with Crippen molar-refractivity contribution >= 4 is 33.2 Å². The number of amides is 1. The van der Waals surface area contributed by atoms with Gasteiger partial charge in [0, 0.05) is 6.42 Å². The van der Waals surface area contributed by atoms with Gasteiger partial charge in [-0.3, -0.25) is 4.79 Å². The largest absolute Gasteiger partial charge is 0.588 e. The van der Waals surface area contributed by atoms with Gasteiger partial charge < -0.3 is 4.55 Å². The lowest BCUT2D eigenvalue weighted by molar-refractivity contribution is -0.126. The molecule has 17 heavy (non-hydrogen) atoms. The molecule has 1 amide bonds. The Morgan fingerprint density at radius 1 is 1.24 bits per heavy atom. The molecule has 1 heterocycles. The fourth-order valence-corrected chi connectivity index (χ4v) is 3.78. The number of benzene rings is 1. The lowest BCUT2D eigenvalue weighted by Crippen LogP contribution is -2.36. The minimum absolute atomic E-state index is 0.00316. The molecule has 1 saturated heterocycles. The van der Waals surface area contributed by atoms with Crippen molar-refractivity contribution in [1.29, 1.82) is 0 Å². The molecule has 1 unspecified atom stereocenters. The fourth-order valence-electron chi connectivity index (χ4n) is 1.84. The van der Waals surface area contributed by atoms with Crippen molar-refractivity contribution in [3.05, 3.63) is 28.7 Å². The number of hydrogen-bond donors (Lipinski definition) is 0. The topological polar surface area (TPSA) is 43.4 Å². The maximum absolute atomic E-state index is 12.4. The quantitative estimate of drug-likeness (QED) is 0.788. The fraction of sp³-hybridized carbons (Fsp3) is 0.417. The molecule has 0 aliphatic carbocycles. The van der Waals surface area contributed by atoms with E-state index in [9.17, 15) is 9.35 Å². The highest BCUT2D eigenvalue weighted by molar-refractivity contribution is 9.10. The van der Waals surface area contributed by atoms with Gasteiger partial charge >= 0.3 is 0 Å². The highest BCUT2D eigenvalue weighted by atomic mass is 79.9. The molecule has 1 fully saturated rings. The Kier molecular flexibility index (Phi) is 4.48. The molecule has 3 nitrogen and oxygen atoms in total. The van der Waals surface area contributed by atoms with Crippen molar-refractivity contribution in [3.63, 3.8) is 0 Å². The van der Waals surface area contributed by atoms with E-state index in [1.54, 1.807) is 6.07 Å². The molecule has 1 aromatic carbocycles. The first-order chi connectivity index (χ1) is 8.20. The first kappa shape index (κ1) is 12.9. The third-order valence-corrected chi connectivity index (χ3v) is 5.23. The van der Waals surface area contributed by atoms with Gasteiger partial charge in [-0.25, -0.2) is 0 Å². The first-order valence-corrected chi connectivity index (χ1v) is 7.57. The Hall–Kier alpha value is -0.520. The summed E-state index contributed by atoms with van der Waals surface area (Å²) in [4.78, 5) is 12.5. The highest BCUT2D eigenvalue weighted by Crippen LogP contribution is 2.26. The van der Waals surface area contributed by atoms with Crippen LogP contribution in [0.15, 0.2) is 33.6 Å². The van der Waals surface area contributed by atoms with Gasteiger partial charge in [0.05, 0.1) is 11.0 Å². The van der Waals surface area contributed by atoms with Gasteiger partial charge in [-0.1, -0.05) is 18.6 Å². The summed E-state index contributed by atoms with van der Waals surface area (Å²) in [7, 11) is 0. The van der Waals surface area contributed by atoms with Crippen LogP contribution in [0.5, 0.6) is 0 Å². The van der Waals surface area contributed by atoms with Crippen LogP contribution >= 0.6 is 15.9 Å². The molecule has 5 heteroatoms. The molecule has 0 spiro atoms. The van der Waals surface area contributed by atoms with Gasteiger partial charge in [-0.15, -0.1) is 0 Å². The van der Waals surface area contributed by atoms with E-state index in [1.807, 2.05) is 18.2 Å². The summed E-state index contributed by atoms with van der Waals surface area (Å²) in [6.07, 6.45) is 3.38. The summed E-state index contributed by atoms with van der Waals surface area (Å²) < 4.78 is 14.7. The Labute approximate surface area is 113 Å².